The zero-order valence-corrected chi connectivity index (χ0v) is 11.6. The van der Waals surface area contributed by atoms with E-state index in [4.69, 9.17) is 0 Å². The molecule has 18 heavy (non-hydrogen) atoms. The molecular weight excluding hydrogens is 226 g/mol. The number of hydrogen-bond donors (Lipinski definition) is 1. The van der Waals surface area contributed by atoms with Gasteiger partial charge >= 0.3 is 0 Å². The van der Waals surface area contributed by atoms with Crippen molar-refractivity contribution in [2.75, 3.05) is 45.7 Å². The van der Waals surface area contributed by atoms with E-state index in [1.54, 1.807) is 0 Å². The number of aromatic nitrogens is 2. The van der Waals surface area contributed by atoms with Crippen molar-refractivity contribution < 1.29 is 0 Å². The predicted octanol–water partition coefficient (Wildman–Crippen LogP) is 0.584. The first-order valence-electron chi connectivity index (χ1n) is 6.54. The predicted molar refractivity (Wildman–Crippen MR) is 73.7 cm³/mol. The molecule has 2 rings (SSSR count). The minimum Gasteiger partial charge on any atom is -0.358 e. The molecule has 1 fully saturated rings. The summed E-state index contributed by atoms with van der Waals surface area (Å²) in [4.78, 5) is 13.5. The summed E-state index contributed by atoms with van der Waals surface area (Å²) < 4.78 is 0. The third-order valence-electron chi connectivity index (χ3n) is 3.44. The van der Waals surface area contributed by atoms with Crippen LogP contribution in [0.15, 0.2) is 12.4 Å². The van der Waals surface area contributed by atoms with Gasteiger partial charge in [0.1, 0.15) is 5.82 Å². The molecule has 0 aliphatic carbocycles. The minimum absolute atomic E-state index is 0.745. The average molecular weight is 249 g/mol. The Bertz CT molecular complexity index is 381. The Balaban J connectivity index is 1.95. The molecule has 1 saturated heterocycles. The minimum atomic E-state index is 0.745. The van der Waals surface area contributed by atoms with E-state index in [-0.39, 0.29) is 0 Å². The van der Waals surface area contributed by atoms with E-state index in [9.17, 15) is 0 Å². The van der Waals surface area contributed by atoms with Gasteiger partial charge in [-0.3, -0.25) is 4.98 Å². The molecule has 5 nitrogen and oxygen atoms in total. The molecule has 1 aromatic heterocycles. The normalized spacial score (nSPS) is 20.3. The van der Waals surface area contributed by atoms with E-state index in [0.717, 1.165) is 30.5 Å². The molecular formula is C13H23N5. The first-order chi connectivity index (χ1) is 8.69. The SMILES string of the molecule is CNCc1cncc(N(C)CC2CCN(C)C2)n1. The van der Waals surface area contributed by atoms with Crippen molar-refractivity contribution in [3.05, 3.63) is 18.1 Å². The molecule has 0 bridgehead atoms. The monoisotopic (exact) mass is 249 g/mol. The standard InChI is InChI=1S/C13H23N5/c1-14-6-12-7-15-8-13(16-12)18(3)10-11-4-5-17(2)9-11/h7-8,11,14H,4-6,9-10H2,1-3H3. The van der Waals surface area contributed by atoms with Crippen LogP contribution < -0.4 is 10.2 Å². The molecule has 2 heterocycles. The van der Waals surface area contributed by atoms with Gasteiger partial charge in [0.15, 0.2) is 0 Å². The van der Waals surface area contributed by atoms with Crippen LogP contribution in [0.1, 0.15) is 12.1 Å². The fourth-order valence-corrected chi connectivity index (χ4v) is 2.50. The summed E-state index contributed by atoms with van der Waals surface area (Å²) in [7, 11) is 6.21. The van der Waals surface area contributed by atoms with Crippen LogP contribution in [0, 0.1) is 5.92 Å². The second kappa shape index (κ2) is 6.11. The van der Waals surface area contributed by atoms with Gasteiger partial charge < -0.3 is 15.1 Å². The van der Waals surface area contributed by atoms with Crippen molar-refractivity contribution >= 4 is 5.82 Å². The molecule has 0 aromatic carbocycles. The van der Waals surface area contributed by atoms with E-state index >= 15 is 0 Å². The highest BCUT2D eigenvalue weighted by Crippen LogP contribution is 2.17. The van der Waals surface area contributed by atoms with Crippen molar-refractivity contribution in [3.63, 3.8) is 0 Å². The fourth-order valence-electron chi connectivity index (χ4n) is 2.50. The van der Waals surface area contributed by atoms with E-state index in [1.165, 1.54) is 19.5 Å². The van der Waals surface area contributed by atoms with Crippen LogP contribution in [0.5, 0.6) is 0 Å². The molecule has 5 heteroatoms. The van der Waals surface area contributed by atoms with Crippen LogP contribution in [-0.2, 0) is 6.54 Å². The lowest BCUT2D eigenvalue weighted by atomic mass is 10.1. The topological polar surface area (TPSA) is 44.3 Å². The van der Waals surface area contributed by atoms with Gasteiger partial charge in [-0.05, 0) is 33.0 Å². The van der Waals surface area contributed by atoms with Gasteiger partial charge in [-0.2, -0.15) is 0 Å². The van der Waals surface area contributed by atoms with E-state index < -0.39 is 0 Å². The van der Waals surface area contributed by atoms with Crippen molar-refractivity contribution in [2.45, 2.75) is 13.0 Å². The quantitative estimate of drug-likeness (QED) is 0.827. The fraction of sp³-hybridized carbons (Fsp3) is 0.692. The Labute approximate surface area is 109 Å². The Morgan fingerprint density at radius 3 is 3.00 bits per heavy atom. The first-order valence-corrected chi connectivity index (χ1v) is 6.54. The molecule has 0 spiro atoms. The van der Waals surface area contributed by atoms with Gasteiger partial charge in [0.25, 0.3) is 0 Å². The van der Waals surface area contributed by atoms with E-state index in [0.29, 0.717) is 0 Å². The highest BCUT2D eigenvalue weighted by molar-refractivity contribution is 5.35. The highest BCUT2D eigenvalue weighted by Gasteiger charge is 2.21. The third kappa shape index (κ3) is 3.40. The number of likely N-dealkylation sites (tertiary alicyclic amines) is 1. The van der Waals surface area contributed by atoms with E-state index in [2.05, 4.69) is 39.2 Å². The van der Waals surface area contributed by atoms with Gasteiger partial charge in [0.05, 0.1) is 11.9 Å². The number of rotatable bonds is 5. The molecule has 0 saturated carbocycles. The van der Waals surface area contributed by atoms with Crippen molar-refractivity contribution in [1.82, 2.24) is 20.2 Å². The summed E-state index contributed by atoms with van der Waals surface area (Å²) in [5.74, 6) is 1.71. The smallest absolute Gasteiger partial charge is 0.147 e. The average Bonchev–Trinajstić information content (AvgIpc) is 2.75. The second-order valence-corrected chi connectivity index (χ2v) is 5.20. The van der Waals surface area contributed by atoms with Crippen LogP contribution in [0.2, 0.25) is 0 Å². The molecule has 1 aliphatic heterocycles. The summed E-state index contributed by atoms with van der Waals surface area (Å²) in [6.07, 6.45) is 4.94. The van der Waals surface area contributed by atoms with Crippen LogP contribution in [0.3, 0.4) is 0 Å². The van der Waals surface area contributed by atoms with Crippen LogP contribution in [0.4, 0.5) is 5.82 Å². The van der Waals surface area contributed by atoms with Gasteiger partial charge in [-0.15, -0.1) is 0 Å². The van der Waals surface area contributed by atoms with Crippen molar-refractivity contribution in [2.24, 2.45) is 5.92 Å². The van der Waals surface area contributed by atoms with Gasteiger partial charge in [0.2, 0.25) is 0 Å². The second-order valence-electron chi connectivity index (χ2n) is 5.20. The lowest BCUT2D eigenvalue weighted by Crippen LogP contribution is -2.28. The Kier molecular flexibility index (Phi) is 4.49. The van der Waals surface area contributed by atoms with Gasteiger partial charge in [0, 0.05) is 32.9 Å². The van der Waals surface area contributed by atoms with Gasteiger partial charge in [-0.1, -0.05) is 0 Å². The molecule has 0 amide bonds. The zero-order valence-electron chi connectivity index (χ0n) is 11.6. The molecule has 0 radical (unpaired) electrons. The third-order valence-corrected chi connectivity index (χ3v) is 3.44. The number of hydrogen-bond acceptors (Lipinski definition) is 5. The summed E-state index contributed by atoms with van der Waals surface area (Å²) in [6, 6.07) is 0. The largest absolute Gasteiger partial charge is 0.358 e. The Morgan fingerprint density at radius 1 is 1.50 bits per heavy atom. The van der Waals surface area contributed by atoms with Crippen LogP contribution in [-0.4, -0.2) is 55.6 Å². The summed E-state index contributed by atoms with van der Waals surface area (Å²) >= 11 is 0. The maximum atomic E-state index is 4.61. The molecule has 1 unspecified atom stereocenters. The summed E-state index contributed by atoms with van der Waals surface area (Å²) in [5, 5.41) is 3.10. The number of nitrogens with one attached hydrogen (secondary N) is 1. The van der Waals surface area contributed by atoms with Crippen molar-refractivity contribution in [3.8, 4) is 0 Å². The summed E-state index contributed by atoms with van der Waals surface area (Å²) in [6.45, 7) is 4.22. The lowest BCUT2D eigenvalue weighted by molar-refractivity contribution is 0.395. The Morgan fingerprint density at radius 2 is 2.33 bits per heavy atom. The van der Waals surface area contributed by atoms with Crippen LogP contribution in [0.25, 0.3) is 0 Å². The zero-order chi connectivity index (χ0) is 13.0. The van der Waals surface area contributed by atoms with Crippen molar-refractivity contribution in [1.29, 1.82) is 0 Å². The van der Waals surface area contributed by atoms with E-state index in [1.807, 2.05) is 19.4 Å². The number of nitrogens with zero attached hydrogens (tertiary/aromatic N) is 4. The van der Waals surface area contributed by atoms with Crippen LogP contribution >= 0.6 is 0 Å². The molecule has 1 aromatic rings. The lowest BCUT2D eigenvalue weighted by Gasteiger charge is -2.22. The van der Waals surface area contributed by atoms with Gasteiger partial charge in [-0.25, -0.2) is 4.98 Å². The first kappa shape index (κ1) is 13.2. The molecule has 1 N–H and O–H groups in total. The summed E-state index contributed by atoms with van der Waals surface area (Å²) in [5.41, 5.74) is 0.991. The molecule has 1 atom stereocenters. The Hall–Kier alpha value is -1.20. The maximum Gasteiger partial charge on any atom is 0.147 e. The molecule has 100 valence electrons. The molecule has 1 aliphatic rings. The number of anilines is 1. The maximum absolute atomic E-state index is 4.61. The highest BCUT2D eigenvalue weighted by atomic mass is 15.2.